The highest BCUT2D eigenvalue weighted by molar-refractivity contribution is 8.36. The number of carbonyl (C=O) groups is 1. The fourth-order valence-corrected chi connectivity index (χ4v) is 3.74. The van der Waals surface area contributed by atoms with E-state index in [-0.39, 0.29) is 0 Å². The topological polar surface area (TPSA) is 100 Å². The van der Waals surface area contributed by atoms with Gasteiger partial charge in [-0.1, -0.05) is 0 Å². The molecule has 0 aromatic rings. The zero-order valence-corrected chi connectivity index (χ0v) is 16.2. The lowest BCUT2D eigenvalue weighted by molar-refractivity contribution is -0.324. The number of hydrogen-bond acceptors (Lipinski definition) is 8. The fraction of sp³-hybridized carbons (Fsp3) is 0.929. The molecule has 2 aliphatic heterocycles. The molecule has 0 unspecified atom stereocenters. The Balaban J connectivity index is 2.23. The zero-order valence-electron chi connectivity index (χ0n) is 14.5. The molecule has 2 aliphatic rings. The number of halogens is 2. The summed E-state index contributed by atoms with van der Waals surface area (Å²) in [5.74, 6) is -3.81. The van der Waals surface area contributed by atoms with Crippen LogP contribution in [0.3, 0.4) is 0 Å². The molecule has 0 saturated carbocycles. The molecular weight excluding hydrogens is 381 g/mol. The molecule has 25 heavy (non-hydrogen) atoms. The summed E-state index contributed by atoms with van der Waals surface area (Å²) >= 11 is 4.01. The number of fused-ring (bicyclic) bond motifs is 1. The summed E-state index contributed by atoms with van der Waals surface area (Å²) < 4.78 is 50.1. The lowest BCUT2D eigenvalue weighted by Gasteiger charge is -2.52. The van der Waals surface area contributed by atoms with Crippen LogP contribution in [0.4, 0.5) is 8.78 Å². The lowest BCUT2D eigenvalue weighted by atomic mass is 9.97. The highest BCUT2D eigenvalue weighted by Crippen LogP contribution is 2.62. The Morgan fingerprint density at radius 2 is 1.84 bits per heavy atom. The van der Waals surface area contributed by atoms with Gasteiger partial charge < -0.3 is 41.0 Å². The van der Waals surface area contributed by atoms with Crippen molar-refractivity contribution in [3.63, 3.8) is 0 Å². The number of carbonyl (C=O) groups excluding carboxylic acids is 1. The molecule has 2 fully saturated rings. The predicted molar refractivity (Wildman–Crippen MR) is 81.8 cm³/mol. The predicted octanol–water partition coefficient (Wildman–Crippen LogP) is 0.691. The SMILES string of the molecule is CC1(C)O[C@H]2O[C@H](COC(=O)C(C)(C)C)[C@@H](C(F)(F)[P+]([O-])([O-])[S-])[C@H]2O1. The molecule has 7 nitrogen and oxygen atoms in total. The van der Waals surface area contributed by atoms with E-state index in [1.165, 1.54) is 13.8 Å². The Morgan fingerprint density at radius 3 is 2.32 bits per heavy atom. The third-order valence-corrected chi connectivity index (χ3v) is 5.67. The van der Waals surface area contributed by atoms with Gasteiger partial charge in [-0.15, -0.1) is 0 Å². The molecule has 0 radical (unpaired) electrons. The summed E-state index contributed by atoms with van der Waals surface area (Å²) in [5.41, 5.74) is -5.14. The molecular formula is C14H21F2O7PS-2. The first-order chi connectivity index (χ1) is 11.1. The van der Waals surface area contributed by atoms with Crippen LogP contribution in [-0.4, -0.2) is 42.5 Å². The Labute approximate surface area is 150 Å². The first kappa shape index (κ1) is 21.2. The summed E-state index contributed by atoms with van der Waals surface area (Å²) in [6.45, 7) is 1.71. The van der Waals surface area contributed by atoms with Crippen molar-refractivity contribution in [3.05, 3.63) is 0 Å². The normalized spacial score (nSPS) is 32.6. The average molecular weight is 402 g/mol. The van der Waals surface area contributed by atoms with Crippen molar-refractivity contribution in [3.8, 4) is 0 Å². The van der Waals surface area contributed by atoms with Crippen LogP contribution in [-0.2, 0) is 36.0 Å². The van der Waals surface area contributed by atoms with Crippen LogP contribution >= 0.6 is 6.92 Å². The van der Waals surface area contributed by atoms with Gasteiger partial charge in [0.15, 0.2) is 12.1 Å². The van der Waals surface area contributed by atoms with Crippen molar-refractivity contribution in [1.29, 1.82) is 0 Å². The molecule has 2 heterocycles. The molecule has 0 amide bonds. The van der Waals surface area contributed by atoms with E-state index >= 15 is 0 Å². The largest absolute Gasteiger partial charge is 0.696 e. The van der Waals surface area contributed by atoms with Crippen LogP contribution in [0.25, 0.3) is 0 Å². The minimum Gasteiger partial charge on any atom is -0.696 e. The quantitative estimate of drug-likeness (QED) is 0.385. The summed E-state index contributed by atoms with van der Waals surface area (Å²) in [6, 6.07) is 0. The number of esters is 1. The van der Waals surface area contributed by atoms with Gasteiger partial charge in [0.25, 0.3) is 0 Å². The molecule has 2 rings (SSSR count). The van der Waals surface area contributed by atoms with Crippen LogP contribution in [0.2, 0.25) is 0 Å². The Hall–Kier alpha value is -0.0900. The van der Waals surface area contributed by atoms with Crippen molar-refractivity contribution >= 4 is 25.1 Å². The second kappa shape index (κ2) is 6.51. The molecule has 0 N–H and O–H groups in total. The van der Waals surface area contributed by atoms with E-state index in [9.17, 15) is 23.4 Å². The fourth-order valence-electron chi connectivity index (χ4n) is 2.70. The van der Waals surface area contributed by atoms with Crippen LogP contribution in [0, 0.1) is 11.3 Å². The number of ether oxygens (including phenoxy) is 4. The average Bonchev–Trinajstić information content (AvgIpc) is 2.84. The highest BCUT2D eigenvalue weighted by Gasteiger charge is 2.65. The molecule has 146 valence electrons. The smallest absolute Gasteiger partial charge is 0.330 e. The standard InChI is InChI=1S/C14H23F2O7PS/c1-12(2,3)11(17)20-6-7-8(14(15,16)24(18,19)25)9-10(21-7)23-13(4,5)22-9/h7-10H,6H2,1-5H3,(H2,18,19,25)/p-2/t7-,8-,9-,10-/m1/s1. The van der Waals surface area contributed by atoms with Crippen molar-refractivity contribution in [2.24, 2.45) is 11.3 Å². The maximum atomic E-state index is 14.5. The summed E-state index contributed by atoms with van der Waals surface area (Å²) in [5, 5.41) is 0. The third kappa shape index (κ3) is 4.26. The summed E-state index contributed by atoms with van der Waals surface area (Å²) in [6.07, 6.45) is -3.99. The first-order valence-electron chi connectivity index (χ1n) is 7.64. The monoisotopic (exact) mass is 402 g/mol. The molecule has 0 bridgehead atoms. The Morgan fingerprint density at radius 1 is 1.28 bits per heavy atom. The van der Waals surface area contributed by atoms with E-state index in [4.69, 9.17) is 18.9 Å². The van der Waals surface area contributed by atoms with Crippen molar-refractivity contribution in [1.82, 2.24) is 0 Å². The maximum Gasteiger partial charge on any atom is 0.330 e. The molecule has 11 heteroatoms. The van der Waals surface area contributed by atoms with E-state index in [2.05, 4.69) is 12.2 Å². The van der Waals surface area contributed by atoms with E-state index in [0.717, 1.165) is 0 Å². The van der Waals surface area contributed by atoms with Gasteiger partial charge in [0.05, 0.1) is 5.41 Å². The van der Waals surface area contributed by atoms with E-state index in [1.807, 2.05) is 0 Å². The van der Waals surface area contributed by atoms with Crippen molar-refractivity contribution < 1.29 is 42.3 Å². The van der Waals surface area contributed by atoms with Gasteiger partial charge >= 0.3 is 11.6 Å². The molecule has 2 saturated heterocycles. The summed E-state index contributed by atoms with van der Waals surface area (Å²) in [7, 11) is 0. The molecule has 0 aromatic carbocycles. The van der Waals surface area contributed by atoms with Gasteiger partial charge in [-0.3, -0.25) is 4.79 Å². The number of alkyl halides is 2. The molecule has 0 spiro atoms. The Bertz CT molecular complexity index is 532. The van der Waals surface area contributed by atoms with Crippen LogP contribution in [0.15, 0.2) is 0 Å². The molecule has 4 atom stereocenters. The van der Waals surface area contributed by atoms with Crippen molar-refractivity contribution in [2.45, 2.75) is 64.6 Å². The van der Waals surface area contributed by atoms with Gasteiger partial charge in [0.2, 0.25) is 0 Å². The van der Waals surface area contributed by atoms with Crippen LogP contribution in [0.1, 0.15) is 34.6 Å². The van der Waals surface area contributed by atoms with E-state index in [0.29, 0.717) is 0 Å². The highest BCUT2D eigenvalue weighted by atomic mass is 32.7. The van der Waals surface area contributed by atoms with Crippen molar-refractivity contribution in [2.75, 3.05) is 6.61 Å². The number of hydrogen-bond donors (Lipinski definition) is 0. The van der Waals surface area contributed by atoms with Crippen LogP contribution in [0.5, 0.6) is 0 Å². The number of rotatable bonds is 4. The van der Waals surface area contributed by atoms with Crippen LogP contribution < -0.4 is 9.79 Å². The molecule has 0 aromatic heterocycles. The van der Waals surface area contributed by atoms with E-state index in [1.54, 1.807) is 20.8 Å². The zero-order chi connectivity index (χ0) is 19.4. The van der Waals surface area contributed by atoms with Gasteiger partial charge in [0, 0.05) is 0 Å². The van der Waals surface area contributed by atoms with Gasteiger partial charge in [-0.05, 0) is 34.6 Å². The lowest BCUT2D eigenvalue weighted by Crippen LogP contribution is -2.50. The van der Waals surface area contributed by atoms with Gasteiger partial charge in [-0.2, -0.15) is 15.7 Å². The minimum atomic E-state index is -5.48. The first-order valence-corrected chi connectivity index (χ1v) is 10.3. The van der Waals surface area contributed by atoms with Gasteiger partial charge in [-0.25, -0.2) is 0 Å². The summed E-state index contributed by atoms with van der Waals surface area (Å²) in [4.78, 5) is 34.8. The Kier molecular flexibility index (Phi) is 5.52. The maximum absolute atomic E-state index is 14.5. The third-order valence-electron chi connectivity index (χ3n) is 3.91. The second-order valence-electron chi connectivity index (χ2n) is 7.60. The second-order valence-corrected chi connectivity index (χ2v) is 10.6. The van der Waals surface area contributed by atoms with E-state index < -0.39 is 60.8 Å². The minimum absolute atomic E-state index is 0.564. The van der Waals surface area contributed by atoms with Gasteiger partial charge in [0.1, 0.15) is 24.7 Å². The molecule has 0 aliphatic carbocycles.